The van der Waals surface area contributed by atoms with E-state index in [4.69, 9.17) is 4.74 Å². The van der Waals surface area contributed by atoms with Crippen LogP contribution in [0.15, 0.2) is 158 Å². The molecular weight excluding hydrogens is 488 g/mol. The maximum atomic E-state index is 6.06. The van der Waals surface area contributed by atoms with Crippen molar-refractivity contribution in [1.29, 1.82) is 0 Å². The Hall–Kier alpha value is -5.28. The van der Waals surface area contributed by atoms with E-state index in [2.05, 4.69) is 132 Å². The number of hydrogen-bond donors (Lipinski definition) is 1. The second kappa shape index (κ2) is 10.5. The molecule has 0 spiro atoms. The molecule has 3 heteroatoms. The molecule has 0 fully saturated rings. The molecular formula is C37H28N2O. The summed E-state index contributed by atoms with van der Waals surface area (Å²) in [4.78, 5) is 2.28. The van der Waals surface area contributed by atoms with Crippen LogP contribution >= 0.6 is 0 Å². The number of fused-ring (bicyclic) bond motifs is 1. The van der Waals surface area contributed by atoms with Crippen molar-refractivity contribution in [2.24, 2.45) is 0 Å². The summed E-state index contributed by atoms with van der Waals surface area (Å²) in [5, 5.41) is 3.44. The quantitative estimate of drug-likeness (QED) is 0.238. The molecule has 1 aliphatic heterocycles. The number of benzene rings is 6. The second-order valence-electron chi connectivity index (χ2n) is 9.89. The van der Waals surface area contributed by atoms with E-state index < -0.39 is 0 Å². The molecule has 40 heavy (non-hydrogen) atoms. The van der Waals surface area contributed by atoms with Crippen molar-refractivity contribution < 1.29 is 4.74 Å². The van der Waals surface area contributed by atoms with Gasteiger partial charge in [-0.3, -0.25) is 0 Å². The highest BCUT2D eigenvalue weighted by Gasteiger charge is 2.22. The van der Waals surface area contributed by atoms with Gasteiger partial charge in [-0.15, -0.1) is 0 Å². The van der Waals surface area contributed by atoms with Crippen molar-refractivity contribution in [2.45, 2.75) is 6.23 Å². The van der Waals surface area contributed by atoms with E-state index in [1.165, 1.54) is 22.3 Å². The van der Waals surface area contributed by atoms with E-state index >= 15 is 0 Å². The lowest BCUT2D eigenvalue weighted by Crippen LogP contribution is -2.09. The lowest BCUT2D eigenvalue weighted by molar-refractivity contribution is 0.260. The molecule has 1 heterocycles. The average molecular weight is 517 g/mol. The lowest BCUT2D eigenvalue weighted by atomic mass is 9.99. The topological polar surface area (TPSA) is 24.5 Å². The third-order valence-electron chi connectivity index (χ3n) is 7.34. The summed E-state index contributed by atoms with van der Waals surface area (Å²) >= 11 is 0. The fourth-order valence-electron chi connectivity index (χ4n) is 5.25. The molecule has 1 unspecified atom stereocenters. The van der Waals surface area contributed by atoms with Crippen LogP contribution in [0.2, 0.25) is 0 Å². The van der Waals surface area contributed by atoms with Gasteiger partial charge in [0.25, 0.3) is 0 Å². The fraction of sp³-hybridized carbons (Fsp3) is 0.0270. The smallest absolute Gasteiger partial charge is 0.196 e. The zero-order valence-electron chi connectivity index (χ0n) is 21.9. The van der Waals surface area contributed by atoms with Crippen LogP contribution in [0.4, 0.5) is 22.7 Å². The number of rotatable bonds is 6. The van der Waals surface area contributed by atoms with Gasteiger partial charge in [-0.25, -0.2) is 0 Å². The first-order chi connectivity index (χ1) is 19.8. The number of para-hydroxylation sites is 4. The number of anilines is 4. The monoisotopic (exact) mass is 516 g/mol. The zero-order valence-corrected chi connectivity index (χ0v) is 21.9. The van der Waals surface area contributed by atoms with Crippen LogP contribution in [0.25, 0.3) is 22.3 Å². The molecule has 0 aliphatic carbocycles. The summed E-state index contributed by atoms with van der Waals surface area (Å²) in [5.41, 5.74) is 10.3. The normalized spacial score (nSPS) is 13.7. The first-order valence-electron chi connectivity index (χ1n) is 13.6. The summed E-state index contributed by atoms with van der Waals surface area (Å²) in [7, 11) is 0. The molecule has 0 radical (unpaired) electrons. The SMILES string of the molecule is c1ccc(N(c2ccccc2)c2ccc(-c3ccc(-c4ccc(C5Nc6ccccc6O5)cc4)cc3)cc2)cc1. The van der Waals surface area contributed by atoms with Gasteiger partial charge in [-0.2, -0.15) is 0 Å². The Morgan fingerprint density at radius 3 is 1.38 bits per heavy atom. The van der Waals surface area contributed by atoms with Gasteiger partial charge in [0.1, 0.15) is 5.75 Å². The van der Waals surface area contributed by atoms with Gasteiger partial charge in [0.05, 0.1) is 5.69 Å². The number of hydrogen-bond acceptors (Lipinski definition) is 3. The Labute approximate surface area is 234 Å². The molecule has 192 valence electrons. The van der Waals surface area contributed by atoms with Crippen molar-refractivity contribution in [3.63, 3.8) is 0 Å². The van der Waals surface area contributed by atoms with Crippen LogP contribution in [0.3, 0.4) is 0 Å². The maximum Gasteiger partial charge on any atom is 0.196 e. The summed E-state index contributed by atoms with van der Waals surface area (Å²) in [6, 6.07) is 55.2. The minimum Gasteiger partial charge on any atom is -0.464 e. The first-order valence-corrected chi connectivity index (χ1v) is 13.6. The molecule has 1 N–H and O–H groups in total. The molecule has 6 aromatic rings. The highest BCUT2D eigenvalue weighted by atomic mass is 16.5. The molecule has 0 amide bonds. The number of ether oxygens (including phenoxy) is 1. The van der Waals surface area contributed by atoms with Crippen LogP contribution in [-0.4, -0.2) is 0 Å². The third kappa shape index (κ3) is 4.70. The van der Waals surface area contributed by atoms with E-state index in [9.17, 15) is 0 Å². The van der Waals surface area contributed by atoms with Crippen molar-refractivity contribution in [1.82, 2.24) is 0 Å². The summed E-state index contributed by atoms with van der Waals surface area (Å²) in [5.74, 6) is 0.896. The minimum atomic E-state index is -0.156. The molecule has 0 saturated heterocycles. The van der Waals surface area contributed by atoms with E-state index in [1.807, 2.05) is 36.4 Å². The van der Waals surface area contributed by atoms with E-state index in [0.717, 1.165) is 34.1 Å². The third-order valence-corrected chi connectivity index (χ3v) is 7.34. The Bertz CT molecular complexity index is 1650. The zero-order chi connectivity index (χ0) is 26.7. The van der Waals surface area contributed by atoms with Crippen LogP contribution in [-0.2, 0) is 0 Å². The van der Waals surface area contributed by atoms with Gasteiger partial charge in [0, 0.05) is 22.6 Å². The van der Waals surface area contributed by atoms with Gasteiger partial charge in [0.15, 0.2) is 6.23 Å². The lowest BCUT2D eigenvalue weighted by Gasteiger charge is -2.25. The van der Waals surface area contributed by atoms with Gasteiger partial charge in [0.2, 0.25) is 0 Å². The predicted octanol–water partition coefficient (Wildman–Crippen LogP) is 9.99. The molecule has 0 bridgehead atoms. The summed E-state index contributed by atoms with van der Waals surface area (Å²) < 4.78 is 6.06. The first kappa shape index (κ1) is 23.8. The van der Waals surface area contributed by atoms with Gasteiger partial charge in [-0.1, -0.05) is 109 Å². The van der Waals surface area contributed by atoms with Crippen molar-refractivity contribution >= 4 is 22.7 Å². The van der Waals surface area contributed by atoms with Crippen molar-refractivity contribution in [3.05, 3.63) is 163 Å². The predicted molar refractivity (Wildman–Crippen MR) is 165 cm³/mol. The molecule has 0 aromatic heterocycles. The van der Waals surface area contributed by atoms with Crippen molar-refractivity contribution in [3.8, 4) is 28.0 Å². The minimum absolute atomic E-state index is 0.156. The molecule has 3 nitrogen and oxygen atoms in total. The van der Waals surface area contributed by atoms with Crippen LogP contribution in [0.5, 0.6) is 5.75 Å². The molecule has 0 saturated carbocycles. The maximum absolute atomic E-state index is 6.06. The van der Waals surface area contributed by atoms with Crippen LogP contribution in [0, 0.1) is 0 Å². The van der Waals surface area contributed by atoms with Crippen LogP contribution < -0.4 is 15.0 Å². The fourth-order valence-corrected chi connectivity index (χ4v) is 5.25. The van der Waals surface area contributed by atoms with Gasteiger partial charge in [-0.05, 0) is 70.8 Å². The summed E-state index contributed by atoms with van der Waals surface area (Å²) in [6.45, 7) is 0. The van der Waals surface area contributed by atoms with Gasteiger partial charge >= 0.3 is 0 Å². The molecule has 1 aliphatic rings. The van der Waals surface area contributed by atoms with E-state index in [0.29, 0.717) is 0 Å². The average Bonchev–Trinajstić information content (AvgIpc) is 3.48. The largest absolute Gasteiger partial charge is 0.464 e. The molecule has 6 aromatic carbocycles. The van der Waals surface area contributed by atoms with Gasteiger partial charge < -0.3 is 15.0 Å². The number of nitrogens with one attached hydrogen (secondary N) is 1. The Morgan fingerprint density at radius 2 is 0.850 bits per heavy atom. The number of nitrogens with zero attached hydrogens (tertiary/aromatic N) is 1. The Morgan fingerprint density at radius 1 is 0.425 bits per heavy atom. The molecule has 7 rings (SSSR count). The Kier molecular flexibility index (Phi) is 6.23. The van der Waals surface area contributed by atoms with E-state index in [1.54, 1.807) is 0 Å². The highest BCUT2D eigenvalue weighted by Crippen LogP contribution is 2.38. The Balaban J connectivity index is 1.09. The van der Waals surface area contributed by atoms with Crippen LogP contribution in [0.1, 0.15) is 11.8 Å². The highest BCUT2D eigenvalue weighted by molar-refractivity contribution is 5.78. The van der Waals surface area contributed by atoms with Crippen molar-refractivity contribution in [2.75, 3.05) is 10.2 Å². The standard InChI is InChI=1S/C37H28N2O/c1-3-9-32(10-4-1)39(33-11-5-2-6-12-33)34-25-23-30(24-26-34)28-17-15-27(16-18-28)29-19-21-31(22-20-29)37-38-35-13-7-8-14-36(35)40-37/h1-26,37-38H. The molecule has 1 atom stereocenters. The summed E-state index contributed by atoms with van der Waals surface area (Å²) in [6.07, 6.45) is -0.156. The van der Waals surface area contributed by atoms with E-state index in [-0.39, 0.29) is 6.23 Å². The second-order valence-corrected chi connectivity index (χ2v) is 9.89.